The van der Waals surface area contributed by atoms with Crippen LogP contribution in [0.3, 0.4) is 0 Å². The first-order chi connectivity index (χ1) is 18.5. The molecule has 0 amide bonds. The van der Waals surface area contributed by atoms with Crippen LogP contribution in [0.15, 0.2) is 21.7 Å². The summed E-state index contributed by atoms with van der Waals surface area (Å²) in [5, 5.41) is 38.6. The van der Waals surface area contributed by atoms with E-state index >= 15 is 0 Å². The van der Waals surface area contributed by atoms with E-state index in [1.807, 2.05) is 0 Å². The first-order valence-corrected chi connectivity index (χ1v) is 13.5. The molecule has 2 rings (SSSR count). The number of furan rings is 1. The molecule has 0 saturated carbocycles. The van der Waals surface area contributed by atoms with E-state index in [4.69, 9.17) is 4.42 Å². The van der Waals surface area contributed by atoms with Gasteiger partial charge in [-0.15, -0.1) is 0 Å². The lowest BCUT2D eigenvalue weighted by atomic mass is 10.1. The van der Waals surface area contributed by atoms with Gasteiger partial charge >= 0.3 is 5.88 Å². The topological polar surface area (TPSA) is 166 Å². The Morgan fingerprint density at radius 3 is 2.16 bits per heavy atom. The maximum Gasteiger partial charge on any atom is 0.433 e. The van der Waals surface area contributed by atoms with Crippen LogP contribution in [-0.2, 0) is 0 Å². The molecule has 0 radical (unpaired) electrons. The summed E-state index contributed by atoms with van der Waals surface area (Å²) in [6.45, 7) is 3.15. The first-order valence-electron chi connectivity index (χ1n) is 13.5. The van der Waals surface area contributed by atoms with Crippen LogP contribution in [0.2, 0.25) is 0 Å². The Balaban J connectivity index is 1.98. The molecule has 0 saturated heterocycles. The van der Waals surface area contributed by atoms with Crippen LogP contribution >= 0.6 is 0 Å². The third-order valence-electron chi connectivity index (χ3n) is 5.89. The van der Waals surface area contributed by atoms with Gasteiger partial charge in [0.15, 0.2) is 5.76 Å². The summed E-state index contributed by atoms with van der Waals surface area (Å²) in [6.07, 6.45) is 13.8. The number of nitrogens with zero attached hydrogens (tertiary/aromatic N) is 7. The summed E-state index contributed by atoms with van der Waals surface area (Å²) in [5.74, 6) is 0.702. The van der Waals surface area contributed by atoms with Crippen molar-refractivity contribution in [3.8, 4) is 0 Å². The maximum atomic E-state index is 10.8. The van der Waals surface area contributed by atoms with Crippen LogP contribution in [0.5, 0.6) is 0 Å². The van der Waals surface area contributed by atoms with Crippen LogP contribution in [0.1, 0.15) is 76.9 Å². The molecule has 13 nitrogen and oxygen atoms in total. The van der Waals surface area contributed by atoms with E-state index in [1.165, 1.54) is 74.7 Å². The highest BCUT2D eigenvalue weighted by molar-refractivity contribution is 5.77. The fraction of sp³-hybridized carbons (Fsp3) is 0.680. The summed E-state index contributed by atoms with van der Waals surface area (Å²) in [5.41, 5.74) is 0. The Morgan fingerprint density at radius 1 is 0.974 bits per heavy atom. The lowest BCUT2D eigenvalue weighted by Crippen LogP contribution is -2.32. The number of hydrogen-bond acceptors (Lipinski definition) is 12. The van der Waals surface area contributed by atoms with Crippen molar-refractivity contribution in [1.29, 1.82) is 0 Å². The molecule has 0 unspecified atom stereocenters. The standard InChI is InChI=1S/C25H42N8O5/c1-3-4-5-6-7-8-9-10-11-12-15-26-23-28-24(30-25(29-23)32(16-18-34)17-19-35)31(2)27-20-21-13-14-22(38-21)33(36)37/h13-14,20,34-35H,3-12,15-19H2,1-2H3,(H,26,28,29,30)/b27-20+. The molecule has 0 fully saturated rings. The van der Waals surface area contributed by atoms with Gasteiger partial charge in [0, 0.05) is 26.7 Å². The third kappa shape index (κ3) is 11.4. The highest BCUT2D eigenvalue weighted by atomic mass is 16.6. The van der Waals surface area contributed by atoms with Gasteiger partial charge in [-0.3, -0.25) is 10.1 Å². The van der Waals surface area contributed by atoms with E-state index in [0.29, 0.717) is 18.4 Å². The Labute approximate surface area is 224 Å². The van der Waals surface area contributed by atoms with E-state index in [-0.39, 0.29) is 43.9 Å². The average Bonchev–Trinajstić information content (AvgIpc) is 3.40. The Bertz CT molecular complexity index is 965. The Kier molecular flexibility index (Phi) is 14.7. The van der Waals surface area contributed by atoms with Crippen molar-refractivity contribution in [1.82, 2.24) is 15.0 Å². The zero-order valence-corrected chi connectivity index (χ0v) is 22.6. The van der Waals surface area contributed by atoms with Gasteiger partial charge in [0.05, 0.1) is 25.5 Å². The number of rotatable bonds is 21. The SMILES string of the molecule is CCCCCCCCCCCCNc1nc(N(CCO)CCO)nc(N(C)/N=C/c2ccc([N+](=O)[O-])o2)n1. The predicted octanol–water partition coefficient (Wildman–Crippen LogP) is 3.97. The lowest BCUT2D eigenvalue weighted by Gasteiger charge is -2.22. The molecule has 212 valence electrons. The van der Waals surface area contributed by atoms with Gasteiger partial charge in [-0.1, -0.05) is 64.7 Å². The second-order valence-electron chi connectivity index (χ2n) is 9.00. The quantitative estimate of drug-likeness (QED) is 0.0917. The van der Waals surface area contributed by atoms with Crippen molar-refractivity contribution < 1.29 is 19.6 Å². The highest BCUT2D eigenvalue weighted by Crippen LogP contribution is 2.18. The van der Waals surface area contributed by atoms with Gasteiger partial charge in [-0.25, -0.2) is 5.01 Å². The van der Waals surface area contributed by atoms with Crippen LogP contribution < -0.4 is 15.2 Å². The van der Waals surface area contributed by atoms with Crippen LogP contribution in [0, 0.1) is 10.1 Å². The Morgan fingerprint density at radius 2 is 1.58 bits per heavy atom. The summed E-state index contributed by atoms with van der Waals surface area (Å²) in [4.78, 5) is 25.2. The normalized spacial score (nSPS) is 11.3. The van der Waals surface area contributed by atoms with Crippen LogP contribution in [-0.4, -0.2) is 76.2 Å². The molecule has 0 spiro atoms. The fourth-order valence-corrected chi connectivity index (χ4v) is 3.79. The molecular formula is C25H42N8O5. The van der Waals surface area contributed by atoms with Crippen molar-refractivity contribution in [3.63, 3.8) is 0 Å². The number of anilines is 3. The van der Waals surface area contributed by atoms with Crippen molar-refractivity contribution in [2.24, 2.45) is 5.10 Å². The fourth-order valence-electron chi connectivity index (χ4n) is 3.79. The van der Waals surface area contributed by atoms with E-state index in [1.54, 1.807) is 11.9 Å². The van der Waals surface area contributed by atoms with E-state index in [9.17, 15) is 20.3 Å². The number of hydrogen-bond donors (Lipinski definition) is 3. The average molecular weight is 535 g/mol. The molecule has 0 bridgehead atoms. The molecule has 2 heterocycles. The summed E-state index contributed by atoms with van der Waals surface area (Å²) in [6, 6.07) is 2.69. The summed E-state index contributed by atoms with van der Waals surface area (Å²) >= 11 is 0. The van der Waals surface area contributed by atoms with Gasteiger partial charge in [-0.05, 0) is 12.5 Å². The molecular weight excluding hydrogens is 492 g/mol. The van der Waals surface area contributed by atoms with Crippen molar-refractivity contribution in [3.05, 3.63) is 28.0 Å². The molecule has 2 aromatic heterocycles. The number of nitrogens with one attached hydrogen (secondary N) is 1. The minimum absolute atomic E-state index is 0.131. The zero-order valence-electron chi connectivity index (χ0n) is 22.6. The zero-order chi connectivity index (χ0) is 27.6. The number of hydrazone groups is 1. The third-order valence-corrected chi connectivity index (χ3v) is 5.89. The van der Waals surface area contributed by atoms with Crippen LogP contribution in [0.25, 0.3) is 0 Å². The van der Waals surface area contributed by atoms with Crippen molar-refractivity contribution in [2.45, 2.75) is 71.1 Å². The van der Waals surface area contributed by atoms with Gasteiger partial charge in [0.1, 0.15) is 4.92 Å². The van der Waals surface area contributed by atoms with Crippen LogP contribution in [0.4, 0.5) is 23.7 Å². The van der Waals surface area contributed by atoms with Gasteiger partial charge in [-0.2, -0.15) is 20.1 Å². The van der Waals surface area contributed by atoms with E-state index in [0.717, 1.165) is 12.8 Å². The molecule has 0 atom stereocenters. The second kappa shape index (κ2) is 18.0. The molecule has 0 aromatic carbocycles. The molecule has 0 aliphatic carbocycles. The predicted molar refractivity (Wildman–Crippen MR) is 148 cm³/mol. The molecule has 0 aliphatic heterocycles. The van der Waals surface area contributed by atoms with Crippen molar-refractivity contribution >= 4 is 29.9 Å². The minimum atomic E-state index is -0.622. The molecule has 38 heavy (non-hydrogen) atoms. The number of aromatic nitrogens is 3. The summed E-state index contributed by atoms with van der Waals surface area (Å²) in [7, 11) is 1.63. The van der Waals surface area contributed by atoms with Gasteiger partial charge < -0.3 is 24.8 Å². The number of aliphatic hydroxyl groups excluding tert-OH is 2. The van der Waals surface area contributed by atoms with Gasteiger partial charge in [0.2, 0.25) is 11.9 Å². The molecule has 2 aromatic rings. The molecule has 13 heteroatoms. The molecule has 3 N–H and O–H groups in total. The number of unbranched alkanes of at least 4 members (excludes halogenated alkanes) is 9. The van der Waals surface area contributed by atoms with Gasteiger partial charge in [0.25, 0.3) is 5.95 Å². The Hall–Kier alpha value is -3.32. The highest BCUT2D eigenvalue weighted by Gasteiger charge is 2.16. The summed E-state index contributed by atoms with van der Waals surface area (Å²) < 4.78 is 5.10. The number of aliphatic hydroxyl groups is 2. The minimum Gasteiger partial charge on any atom is -0.400 e. The largest absolute Gasteiger partial charge is 0.433 e. The van der Waals surface area contributed by atoms with E-state index < -0.39 is 4.92 Å². The van der Waals surface area contributed by atoms with Crippen molar-refractivity contribution in [2.75, 3.05) is 55.1 Å². The first kappa shape index (κ1) is 30.9. The lowest BCUT2D eigenvalue weighted by molar-refractivity contribution is -0.402. The van der Waals surface area contributed by atoms with E-state index in [2.05, 4.69) is 32.3 Å². The maximum absolute atomic E-state index is 10.8. The smallest absolute Gasteiger partial charge is 0.400 e. The second-order valence-corrected chi connectivity index (χ2v) is 9.00. The number of nitro groups is 1. The monoisotopic (exact) mass is 534 g/mol. The molecule has 0 aliphatic rings.